The highest BCUT2D eigenvalue weighted by Crippen LogP contribution is 2.13. The van der Waals surface area contributed by atoms with Gasteiger partial charge in [0.25, 0.3) is 5.91 Å². The second-order valence-corrected chi connectivity index (χ2v) is 5.02. The van der Waals surface area contributed by atoms with Crippen LogP contribution in [0.3, 0.4) is 0 Å². The zero-order valence-corrected chi connectivity index (χ0v) is 12.1. The average molecular weight is 272 g/mol. The predicted molar refractivity (Wildman–Crippen MR) is 77.6 cm³/mol. The normalized spacial score (nSPS) is 10.8. The summed E-state index contributed by atoms with van der Waals surface area (Å²) in [7, 11) is 0. The number of nitrogens with one attached hydrogen (secondary N) is 1. The molecule has 5 heteroatoms. The lowest BCUT2D eigenvalue weighted by Gasteiger charge is -2.14. The van der Waals surface area contributed by atoms with E-state index in [2.05, 4.69) is 33.7 Å². The van der Waals surface area contributed by atoms with Gasteiger partial charge in [-0.15, -0.1) is 0 Å². The second kappa shape index (κ2) is 6.32. The topological polar surface area (TPSA) is 59.8 Å². The molecule has 2 aromatic rings. The molecule has 2 rings (SSSR count). The van der Waals surface area contributed by atoms with Gasteiger partial charge in [0.05, 0.1) is 0 Å². The van der Waals surface area contributed by atoms with Crippen LogP contribution in [0, 0.1) is 6.92 Å². The summed E-state index contributed by atoms with van der Waals surface area (Å²) in [5.74, 6) is 0.930. The molecule has 0 aliphatic carbocycles. The lowest BCUT2D eigenvalue weighted by Crippen LogP contribution is -2.26. The van der Waals surface area contributed by atoms with Gasteiger partial charge in [0, 0.05) is 48.9 Å². The van der Waals surface area contributed by atoms with E-state index < -0.39 is 0 Å². The van der Waals surface area contributed by atoms with Gasteiger partial charge in [-0.3, -0.25) is 9.78 Å². The van der Waals surface area contributed by atoms with Gasteiger partial charge < -0.3 is 9.88 Å². The van der Waals surface area contributed by atoms with Gasteiger partial charge in [0.1, 0.15) is 5.82 Å². The molecule has 2 aromatic heterocycles. The predicted octanol–water partition coefficient (Wildman–Crippen LogP) is 2.14. The summed E-state index contributed by atoms with van der Waals surface area (Å²) >= 11 is 0. The highest BCUT2D eigenvalue weighted by Gasteiger charge is 2.10. The molecule has 0 spiro atoms. The van der Waals surface area contributed by atoms with Crippen LogP contribution in [0.5, 0.6) is 0 Å². The lowest BCUT2D eigenvalue weighted by molar-refractivity contribution is 0.0954. The van der Waals surface area contributed by atoms with Crippen molar-refractivity contribution in [3.05, 3.63) is 47.8 Å². The third kappa shape index (κ3) is 3.23. The molecule has 106 valence electrons. The number of amides is 1. The molecule has 0 aromatic carbocycles. The zero-order chi connectivity index (χ0) is 14.5. The van der Waals surface area contributed by atoms with E-state index >= 15 is 0 Å². The van der Waals surface area contributed by atoms with Crippen LogP contribution >= 0.6 is 0 Å². The van der Waals surface area contributed by atoms with E-state index in [1.165, 1.54) is 0 Å². The Labute approximate surface area is 119 Å². The number of aryl methyl sites for hydroxylation is 1. The van der Waals surface area contributed by atoms with E-state index in [1.54, 1.807) is 24.5 Å². The molecule has 5 nitrogen and oxygen atoms in total. The molecule has 0 saturated carbocycles. The number of imidazole rings is 1. The summed E-state index contributed by atoms with van der Waals surface area (Å²) in [4.78, 5) is 20.2. The SMILES string of the molecule is Cc1cnc(CCNC(=O)c2ccncc2)n1C(C)C. The third-order valence-corrected chi connectivity index (χ3v) is 3.15. The highest BCUT2D eigenvalue weighted by atomic mass is 16.1. The van der Waals surface area contributed by atoms with Crippen molar-refractivity contribution in [2.45, 2.75) is 33.2 Å². The van der Waals surface area contributed by atoms with Gasteiger partial charge in [0.2, 0.25) is 0 Å². The van der Waals surface area contributed by atoms with Gasteiger partial charge in [-0.25, -0.2) is 4.98 Å². The van der Waals surface area contributed by atoms with Crippen molar-refractivity contribution in [1.29, 1.82) is 0 Å². The number of rotatable bonds is 5. The molecule has 1 N–H and O–H groups in total. The molecule has 0 aliphatic rings. The molecule has 0 atom stereocenters. The Kier molecular flexibility index (Phi) is 4.50. The van der Waals surface area contributed by atoms with Crippen molar-refractivity contribution in [3.8, 4) is 0 Å². The molecule has 0 unspecified atom stereocenters. The minimum Gasteiger partial charge on any atom is -0.352 e. The summed E-state index contributed by atoms with van der Waals surface area (Å²) in [6, 6.07) is 3.78. The minimum absolute atomic E-state index is 0.0771. The van der Waals surface area contributed by atoms with E-state index in [4.69, 9.17) is 0 Å². The number of pyridine rings is 1. The zero-order valence-electron chi connectivity index (χ0n) is 12.1. The fraction of sp³-hybridized carbons (Fsp3) is 0.400. The van der Waals surface area contributed by atoms with Crippen LogP contribution < -0.4 is 5.32 Å². The van der Waals surface area contributed by atoms with Crippen LogP contribution in [0.1, 0.15) is 41.8 Å². The van der Waals surface area contributed by atoms with Gasteiger partial charge >= 0.3 is 0 Å². The largest absolute Gasteiger partial charge is 0.352 e. The van der Waals surface area contributed by atoms with E-state index in [0.29, 0.717) is 18.2 Å². The number of carbonyl (C=O) groups excluding carboxylic acids is 1. The van der Waals surface area contributed by atoms with Gasteiger partial charge in [-0.2, -0.15) is 0 Å². The van der Waals surface area contributed by atoms with Crippen LogP contribution in [-0.4, -0.2) is 27.0 Å². The Morgan fingerprint density at radius 3 is 2.70 bits per heavy atom. The van der Waals surface area contributed by atoms with E-state index in [0.717, 1.165) is 17.9 Å². The van der Waals surface area contributed by atoms with E-state index in [1.807, 2.05) is 13.1 Å². The second-order valence-electron chi connectivity index (χ2n) is 5.02. The molecule has 1 amide bonds. The quantitative estimate of drug-likeness (QED) is 0.907. The van der Waals surface area contributed by atoms with E-state index in [9.17, 15) is 4.79 Å². The van der Waals surface area contributed by atoms with Gasteiger partial charge in [-0.1, -0.05) is 0 Å². The third-order valence-electron chi connectivity index (χ3n) is 3.15. The first kappa shape index (κ1) is 14.2. The summed E-state index contributed by atoms with van der Waals surface area (Å²) in [6.07, 6.45) is 5.83. The Hall–Kier alpha value is -2.17. The first-order chi connectivity index (χ1) is 9.59. The summed E-state index contributed by atoms with van der Waals surface area (Å²) < 4.78 is 2.19. The smallest absolute Gasteiger partial charge is 0.251 e. The monoisotopic (exact) mass is 272 g/mol. The molecule has 0 radical (unpaired) electrons. The van der Waals surface area contributed by atoms with Crippen molar-refractivity contribution >= 4 is 5.91 Å². The number of aromatic nitrogens is 3. The molecule has 20 heavy (non-hydrogen) atoms. The Balaban J connectivity index is 1.92. The lowest BCUT2D eigenvalue weighted by atomic mass is 10.2. The minimum atomic E-state index is -0.0771. The van der Waals surface area contributed by atoms with Crippen LogP contribution in [0.15, 0.2) is 30.7 Å². The number of carbonyl (C=O) groups is 1. The van der Waals surface area contributed by atoms with Crippen molar-refractivity contribution in [2.24, 2.45) is 0 Å². The number of nitrogens with zero attached hydrogens (tertiary/aromatic N) is 3. The first-order valence-electron chi connectivity index (χ1n) is 6.80. The summed E-state index contributed by atoms with van der Waals surface area (Å²) in [5.41, 5.74) is 1.78. The van der Waals surface area contributed by atoms with Crippen LogP contribution in [0.2, 0.25) is 0 Å². The van der Waals surface area contributed by atoms with E-state index in [-0.39, 0.29) is 5.91 Å². The van der Waals surface area contributed by atoms with Crippen molar-refractivity contribution < 1.29 is 4.79 Å². The van der Waals surface area contributed by atoms with Gasteiger partial charge in [-0.05, 0) is 32.9 Å². The van der Waals surface area contributed by atoms with Crippen LogP contribution in [0.4, 0.5) is 0 Å². The maximum atomic E-state index is 11.9. The average Bonchev–Trinajstić information content (AvgIpc) is 2.81. The Bertz CT molecular complexity index is 575. The molecule has 0 aliphatic heterocycles. The summed E-state index contributed by atoms with van der Waals surface area (Å²) in [6.45, 7) is 6.89. The standard InChI is InChI=1S/C15H20N4O/c1-11(2)19-12(3)10-18-14(19)6-9-17-15(20)13-4-7-16-8-5-13/h4-5,7-8,10-11H,6,9H2,1-3H3,(H,17,20). The molecule has 0 fully saturated rings. The molecule has 0 saturated heterocycles. The Morgan fingerprint density at radius 2 is 2.05 bits per heavy atom. The first-order valence-corrected chi connectivity index (χ1v) is 6.80. The van der Waals surface area contributed by atoms with Crippen molar-refractivity contribution in [1.82, 2.24) is 19.9 Å². The molecular weight excluding hydrogens is 252 g/mol. The van der Waals surface area contributed by atoms with Crippen molar-refractivity contribution in [3.63, 3.8) is 0 Å². The maximum Gasteiger partial charge on any atom is 0.251 e. The van der Waals surface area contributed by atoms with Crippen LogP contribution in [-0.2, 0) is 6.42 Å². The summed E-state index contributed by atoms with van der Waals surface area (Å²) in [5, 5.41) is 2.90. The maximum absolute atomic E-state index is 11.9. The van der Waals surface area contributed by atoms with Gasteiger partial charge in [0.15, 0.2) is 0 Å². The van der Waals surface area contributed by atoms with Crippen molar-refractivity contribution in [2.75, 3.05) is 6.54 Å². The fourth-order valence-electron chi connectivity index (χ4n) is 2.28. The molecular formula is C15H20N4O. The highest BCUT2D eigenvalue weighted by molar-refractivity contribution is 5.93. The number of hydrogen-bond donors (Lipinski definition) is 1. The fourth-order valence-corrected chi connectivity index (χ4v) is 2.28. The molecule has 2 heterocycles. The number of hydrogen-bond acceptors (Lipinski definition) is 3. The van der Waals surface area contributed by atoms with Crippen LogP contribution in [0.25, 0.3) is 0 Å². The molecule has 0 bridgehead atoms. The Morgan fingerprint density at radius 1 is 1.35 bits per heavy atom.